The van der Waals surface area contributed by atoms with Gasteiger partial charge in [-0.05, 0) is 36.8 Å². The van der Waals surface area contributed by atoms with E-state index in [9.17, 15) is 8.42 Å². The first-order chi connectivity index (χ1) is 9.99. The van der Waals surface area contributed by atoms with Crippen LogP contribution < -0.4 is 15.2 Å². The maximum Gasteiger partial charge on any atom is 0.242 e. The molecule has 0 amide bonds. The standard InChI is InChI=1S/C15H18N2O3S/c1-12-7-8-15(14(16)11-12)21(18,19)17-9-10-20-13-5-3-2-4-6-13/h2-8,11,17H,9-10,16H2,1H3. The average Bonchev–Trinajstić information content (AvgIpc) is 2.44. The van der Waals surface area contributed by atoms with Crippen molar-refractivity contribution in [2.24, 2.45) is 0 Å². The molecular weight excluding hydrogens is 288 g/mol. The summed E-state index contributed by atoms with van der Waals surface area (Å²) in [4.78, 5) is 0.0906. The lowest BCUT2D eigenvalue weighted by Crippen LogP contribution is -2.28. The average molecular weight is 306 g/mol. The molecule has 2 aromatic carbocycles. The van der Waals surface area contributed by atoms with Gasteiger partial charge in [0.15, 0.2) is 0 Å². The third kappa shape index (κ3) is 4.21. The lowest BCUT2D eigenvalue weighted by Gasteiger charge is -2.10. The van der Waals surface area contributed by atoms with Gasteiger partial charge in [0.05, 0.1) is 5.69 Å². The third-order valence-electron chi connectivity index (χ3n) is 2.86. The van der Waals surface area contributed by atoms with Gasteiger partial charge in [0, 0.05) is 6.54 Å². The Labute approximate surface area is 124 Å². The van der Waals surface area contributed by atoms with Gasteiger partial charge in [-0.25, -0.2) is 13.1 Å². The Balaban J connectivity index is 1.92. The molecule has 0 aromatic heterocycles. The molecule has 2 rings (SSSR count). The van der Waals surface area contributed by atoms with Gasteiger partial charge in [0.1, 0.15) is 17.3 Å². The van der Waals surface area contributed by atoms with E-state index >= 15 is 0 Å². The Hall–Kier alpha value is -2.05. The van der Waals surface area contributed by atoms with E-state index in [1.54, 1.807) is 12.1 Å². The minimum atomic E-state index is -3.62. The number of hydrogen-bond acceptors (Lipinski definition) is 4. The number of benzene rings is 2. The summed E-state index contributed by atoms with van der Waals surface area (Å²) < 4.78 is 32.2. The third-order valence-corrected chi connectivity index (χ3v) is 4.40. The second-order valence-electron chi connectivity index (χ2n) is 4.60. The van der Waals surface area contributed by atoms with E-state index in [1.807, 2.05) is 37.3 Å². The molecule has 0 spiro atoms. The van der Waals surface area contributed by atoms with E-state index < -0.39 is 10.0 Å². The van der Waals surface area contributed by atoms with Crippen molar-refractivity contribution in [1.29, 1.82) is 0 Å². The lowest BCUT2D eigenvalue weighted by molar-refractivity contribution is 0.323. The highest BCUT2D eigenvalue weighted by Crippen LogP contribution is 2.19. The minimum Gasteiger partial charge on any atom is -0.492 e. The Morgan fingerprint density at radius 1 is 1.14 bits per heavy atom. The molecule has 0 aliphatic heterocycles. The van der Waals surface area contributed by atoms with Crippen LogP contribution in [0, 0.1) is 6.92 Å². The number of hydrogen-bond donors (Lipinski definition) is 2. The SMILES string of the molecule is Cc1ccc(S(=O)(=O)NCCOc2ccccc2)c(N)c1. The molecule has 0 saturated heterocycles. The van der Waals surface area contributed by atoms with Crippen LogP contribution in [-0.2, 0) is 10.0 Å². The molecule has 6 heteroatoms. The van der Waals surface area contributed by atoms with Crippen molar-refractivity contribution < 1.29 is 13.2 Å². The first kappa shape index (κ1) is 15.3. The van der Waals surface area contributed by atoms with Crippen LogP contribution in [0.15, 0.2) is 53.4 Å². The summed E-state index contributed by atoms with van der Waals surface area (Å²) in [6.45, 7) is 2.27. The van der Waals surface area contributed by atoms with E-state index in [1.165, 1.54) is 6.07 Å². The van der Waals surface area contributed by atoms with Gasteiger partial charge >= 0.3 is 0 Å². The molecule has 0 atom stereocenters. The fraction of sp³-hybridized carbons (Fsp3) is 0.200. The van der Waals surface area contributed by atoms with Crippen LogP contribution in [0.3, 0.4) is 0 Å². The molecule has 0 aliphatic carbocycles. The summed E-state index contributed by atoms with van der Waals surface area (Å²) in [5, 5.41) is 0. The van der Waals surface area contributed by atoms with Gasteiger partial charge in [0.2, 0.25) is 10.0 Å². The van der Waals surface area contributed by atoms with Crippen LogP contribution in [0.1, 0.15) is 5.56 Å². The van der Waals surface area contributed by atoms with Crippen molar-refractivity contribution >= 4 is 15.7 Å². The predicted octanol–water partition coefficient (Wildman–Crippen LogP) is 1.93. The van der Waals surface area contributed by atoms with Crippen LogP contribution >= 0.6 is 0 Å². The Morgan fingerprint density at radius 2 is 1.86 bits per heavy atom. The zero-order valence-electron chi connectivity index (χ0n) is 11.7. The van der Waals surface area contributed by atoms with E-state index in [0.717, 1.165) is 5.56 Å². The molecule has 0 saturated carbocycles. The zero-order chi connectivity index (χ0) is 15.3. The summed E-state index contributed by atoms with van der Waals surface area (Å²) in [6, 6.07) is 14.1. The summed E-state index contributed by atoms with van der Waals surface area (Å²) in [6.07, 6.45) is 0. The van der Waals surface area contributed by atoms with Crippen LogP contribution in [0.5, 0.6) is 5.75 Å². The zero-order valence-corrected chi connectivity index (χ0v) is 12.6. The maximum atomic E-state index is 12.1. The van der Waals surface area contributed by atoms with Crippen LogP contribution in [-0.4, -0.2) is 21.6 Å². The first-order valence-corrected chi connectivity index (χ1v) is 8.01. The minimum absolute atomic E-state index is 0.0906. The fourth-order valence-corrected chi connectivity index (χ4v) is 2.98. The van der Waals surface area contributed by atoms with Gasteiger partial charge < -0.3 is 10.5 Å². The number of anilines is 1. The molecule has 0 bridgehead atoms. The molecule has 0 radical (unpaired) electrons. The molecule has 3 N–H and O–H groups in total. The highest BCUT2D eigenvalue weighted by atomic mass is 32.2. The second-order valence-corrected chi connectivity index (χ2v) is 6.34. The highest BCUT2D eigenvalue weighted by Gasteiger charge is 2.16. The highest BCUT2D eigenvalue weighted by molar-refractivity contribution is 7.89. The van der Waals surface area contributed by atoms with Crippen LogP contribution in [0.4, 0.5) is 5.69 Å². The number of nitrogen functional groups attached to an aromatic ring is 1. The second kappa shape index (κ2) is 6.60. The molecule has 0 unspecified atom stereocenters. The lowest BCUT2D eigenvalue weighted by atomic mass is 10.2. The Morgan fingerprint density at radius 3 is 2.52 bits per heavy atom. The normalized spacial score (nSPS) is 11.3. The van der Waals surface area contributed by atoms with Crippen molar-refractivity contribution in [3.8, 4) is 5.75 Å². The number of nitrogens with two attached hydrogens (primary N) is 1. The van der Waals surface area contributed by atoms with Crippen molar-refractivity contribution in [3.63, 3.8) is 0 Å². The number of ether oxygens (including phenoxy) is 1. The first-order valence-electron chi connectivity index (χ1n) is 6.53. The number of para-hydroxylation sites is 1. The molecule has 5 nitrogen and oxygen atoms in total. The Kier molecular flexibility index (Phi) is 4.82. The summed E-state index contributed by atoms with van der Waals surface area (Å²) in [7, 11) is -3.62. The molecule has 0 heterocycles. The molecule has 0 aliphatic rings. The molecule has 2 aromatic rings. The smallest absolute Gasteiger partial charge is 0.242 e. The van der Waals surface area contributed by atoms with Gasteiger partial charge in [-0.3, -0.25) is 0 Å². The van der Waals surface area contributed by atoms with E-state index in [-0.39, 0.29) is 23.7 Å². The van der Waals surface area contributed by atoms with Crippen LogP contribution in [0.2, 0.25) is 0 Å². The number of nitrogens with one attached hydrogen (secondary N) is 1. The maximum absolute atomic E-state index is 12.1. The summed E-state index contributed by atoms with van der Waals surface area (Å²) >= 11 is 0. The topological polar surface area (TPSA) is 81.4 Å². The Bertz CT molecular complexity index is 700. The number of rotatable bonds is 6. The van der Waals surface area contributed by atoms with E-state index in [4.69, 9.17) is 10.5 Å². The van der Waals surface area contributed by atoms with Crippen molar-refractivity contribution in [2.75, 3.05) is 18.9 Å². The van der Waals surface area contributed by atoms with Gasteiger partial charge in [-0.1, -0.05) is 24.3 Å². The summed E-state index contributed by atoms with van der Waals surface area (Å²) in [5.74, 6) is 0.701. The predicted molar refractivity (Wildman–Crippen MR) is 82.7 cm³/mol. The quantitative estimate of drug-likeness (QED) is 0.631. The number of aryl methyl sites for hydroxylation is 1. The van der Waals surface area contributed by atoms with Gasteiger partial charge in [-0.2, -0.15) is 0 Å². The van der Waals surface area contributed by atoms with Gasteiger partial charge in [0.25, 0.3) is 0 Å². The fourth-order valence-electron chi connectivity index (χ4n) is 1.85. The molecule has 21 heavy (non-hydrogen) atoms. The molecule has 0 fully saturated rings. The summed E-state index contributed by atoms with van der Waals surface area (Å²) in [5.41, 5.74) is 6.91. The largest absolute Gasteiger partial charge is 0.492 e. The van der Waals surface area contributed by atoms with Crippen LogP contribution in [0.25, 0.3) is 0 Å². The monoisotopic (exact) mass is 306 g/mol. The molecular formula is C15H18N2O3S. The van der Waals surface area contributed by atoms with Crippen molar-refractivity contribution in [2.45, 2.75) is 11.8 Å². The molecule has 112 valence electrons. The van der Waals surface area contributed by atoms with E-state index in [2.05, 4.69) is 4.72 Å². The number of sulfonamides is 1. The van der Waals surface area contributed by atoms with Crippen molar-refractivity contribution in [1.82, 2.24) is 4.72 Å². The van der Waals surface area contributed by atoms with E-state index in [0.29, 0.717) is 5.75 Å². The van der Waals surface area contributed by atoms with Crippen molar-refractivity contribution in [3.05, 3.63) is 54.1 Å². The van der Waals surface area contributed by atoms with Gasteiger partial charge in [-0.15, -0.1) is 0 Å².